The predicted molar refractivity (Wildman–Crippen MR) is 99.8 cm³/mol. The largest absolute Gasteiger partial charge is 0.483 e. The Hall–Kier alpha value is -3.06. The second kappa shape index (κ2) is 8.35. The van der Waals surface area contributed by atoms with Crippen LogP contribution in [0.15, 0.2) is 55.1 Å². The van der Waals surface area contributed by atoms with Gasteiger partial charge in [-0.15, -0.1) is 10.2 Å². The molecular weight excluding hydrogens is 354 g/mol. The zero-order valence-electron chi connectivity index (χ0n) is 14.1. The molecule has 0 fully saturated rings. The van der Waals surface area contributed by atoms with E-state index < -0.39 is 0 Å². The van der Waals surface area contributed by atoms with Crippen molar-refractivity contribution >= 4 is 23.2 Å². The van der Waals surface area contributed by atoms with E-state index in [1.807, 2.05) is 31.2 Å². The topological polar surface area (TPSA) is 81.1 Å². The zero-order chi connectivity index (χ0) is 18.4. The van der Waals surface area contributed by atoms with Gasteiger partial charge in [-0.25, -0.2) is 4.68 Å². The van der Waals surface area contributed by atoms with Crippen molar-refractivity contribution in [3.05, 3.63) is 71.3 Å². The van der Waals surface area contributed by atoms with Crippen molar-refractivity contribution in [2.24, 2.45) is 0 Å². The Labute approximate surface area is 155 Å². The molecule has 0 unspecified atom stereocenters. The van der Waals surface area contributed by atoms with Gasteiger partial charge in [0.15, 0.2) is 6.61 Å². The van der Waals surface area contributed by atoms with E-state index in [9.17, 15) is 4.79 Å². The second-order valence-electron chi connectivity index (χ2n) is 5.66. The summed E-state index contributed by atoms with van der Waals surface area (Å²) in [5.74, 6) is 0.343. The van der Waals surface area contributed by atoms with Crippen LogP contribution >= 0.6 is 11.6 Å². The number of amides is 1. The second-order valence-corrected chi connectivity index (χ2v) is 6.10. The van der Waals surface area contributed by atoms with E-state index in [4.69, 9.17) is 16.3 Å². The molecule has 26 heavy (non-hydrogen) atoms. The molecule has 2 aromatic carbocycles. The Kier molecular flexibility index (Phi) is 5.70. The number of hydrogen-bond acceptors (Lipinski definition) is 5. The highest BCUT2D eigenvalue weighted by Crippen LogP contribution is 2.23. The number of rotatable bonds is 7. The number of carbonyl (C=O) groups is 1. The number of anilines is 1. The third-order valence-corrected chi connectivity index (χ3v) is 3.82. The van der Waals surface area contributed by atoms with Crippen molar-refractivity contribution in [3.8, 4) is 5.75 Å². The Bertz CT molecular complexity index is 866. The van der Waals surface area contributed by atoms with Gasteiger partial charge in [-0.05, 0) is 37.3 Å². The molecule has 0 radical (unpaired) electrons. The highest BCUT2D eigenvalue weighted by molar-refractivity contribution is 6.30. The summed E-state index contributed by atoms with van der Waals surface area (Å²) in [5.41, 5.74) is 5.77. The minimum atomic E-state index is -0.235. The summed E-state index contributed by atoms with van der Waals surface area (Å²) in [6.07, 6.45) is 3.08. The molecule has 1 aromatic heterocycles. The van der Waals surface area contributed by atoms with Crippen LogP contribution in [0.4, 0.5) is 5.69 Å². The van der Waals surface area contributed by atoms with Crippen molar-refractivity contribution in [1.29, 1.82) is 0 Å². The Morgan fingerprint density at radius 3 is 2.62 bits per heavy atom. The normalized spacial score (nSPS) is 10.4. The molecule has 0 atom stereocenters. The number of aromatic nitrogens is 3. The number of halogens is 1. The smallest absolute Gasteiger partial charge is 0.262 e. The summed E-state index contributed by atoms with van der Waals surface area (Å²) in [7, 11) is 0. The number of hydrogen-bond donors (Lipinski definition) is 2. The molecule has 0 bridgehead atoms. The maximum absolute atomic E-state index is 12.1. The molecule has 1 heterocycles. The molecule has 2 N–H and O–H groups in total. The molecule has 1 amide bonds. The van der Waals surface area contributed by atoms with E-state index in [1.165, 1.54) is 0 Å². The molecule has 8 heteroatoms. The van der Waals surface area contributed by atoms with Gasteiger partial charge in [-0.2, -0.15) is 0 Å². The van der Waals surface area contributed by atoms with E-state index in [-0.39, 0.29) is 12.5 Å². The third kappa shape index (κ3) is 4.97. The molecular formula is C18H18ClN5O2. The summed E-state index contributed by atoms with van der Waals surface area (Å²) >= 11 is 6.07. The molecule has 0 aliphatic rings. The van der Waals surface area contributed by atoms with Gasteiger partial charge in [0.2, 0.25) is 0 Å². The van der Waals surface area contributed by atoms with Crippen LogP contribution in [-0.4, -0.2) is 27.4 Å². The Balaban J connectivity index is 1.59. The fourth-order valence-corrected chi connectivity index (χ4v) is 2.46. The lowest BCUT2D eigenvalue weighted by atomic mass is 10.2. The SMILES string of the molecule is Cc1ccc(NC(=O)COc2ccc(Cl)cc2CNn2cnnc2)cc1. The van der Waals surface area contributed by atoms with Gasteiger partial charge in [-0.1, -0.05) is 29.3 Å². The fourth-order valence-electron chi connectivity index (χ4n) is 2.26. The molecule has 3 rings (SSSR count). The molecule has 0 aliphatic heterocycles. The van der Waals surface area contributed by atoms with Gasteiger partial charge >= 0.3 is 0 Å². The molecule has 0 aliphatic carbocycles. The molecule has 0 saturated carbocycles. The van der Waals surface area contributed by atoms with E-state index in [2.05, 4.69) is 20.9 Å². The molecule has 7 nitrogen and oxygen atoms in total. The van der Waals surface area contributed by atoms with E-state index in [0.717, 1.165) is 16.8 Å². The lowest BCUT2D eigenvalue weighted by molar-refractivity contribution is -0.118. The first-order valence-corrected chi connectivity index (χ1v) is 8.34. The van der Waals surface area contributed by atoms with Crippen LogP contribution in [0.1, 0.15) is 11.1 Å². The summed E-state index contributed by atoms with van der Waals surface area (Å²) in [5, 5.41) is 10.8. The first kappa shape index (κ1) is 17.8. The van der Waals surface area contributed by atoms with Crippen molar-refractivity contribution in [1.82, 2.24) is 14.9 Å². The molecule has 0 saturated heterocycles. The lowest BCUT2D eigenvalue weighted by Gasteiger charge is -2.13. The van der Waals surface area contributed by atoms with Crippen LogP contribution in [0.25, 0.3) is 0 Å². The van der Waals surface area contributed by atoms with Crippen molar-refractivity contribution in [2.45, 2.75) is 13.5 Å². The summed E-state index contributed by atoms with van der Waals surface area (Å²) in [6, 6.07) is 12.8. The average molecular weight is 372 g/mol. The highest BCUT2D eigenvalue weighted by Gasteiger charge is 2.09. The van der Waals surface area contributed by atoms with Crippen LogP contribution < -0.4 is 15.5 Å². The number of aryl methyl sites for hydroxylation is 1. The number of nitrogens with zero attached hydrogens (tertiary/aromatic N) is 3. The van der Waals surface area contributed by atoms with Gasteiger partial charge in [-0.3, -0.25) is 4.79 Å². The molecule has 134 valence electrons. The highest BCUT2D eigenvalue weighted by atomic mass is 35.5. The first-order chi connectivity index (χ1) is 12.6. The summed E-state index contributed by atoms with van der Waals surface area (Å²) in [6.45, 7) is 2.33. The quantitative estimate of drug-likeness (QED) is 0.667. The Morgan fingerprint density at radius 2 is 1.88 bits per heavy atom. The van der Waals surface area contributed by atoms with Crippen molar-refractivity contribution in [3.63, 3.8) is 0 Å². The minimum absolute atomic E-state index is 0.102. The summed E-state index contributed by atoms with van der Waals surface area (Å²) in [4.78, 5) is 12.1. The van der Waals surface area contributed by atoms with Gasteiger partial charge in [0, 0.05) is 16.3 Å². The summed E-state index contributed by atoms with van der Waals surface area (Å²) < 4.78 is 7.29. The molecule has 3 aromatic rings. The van der Waals surface area contributed by atoms with Crippen LogP contribution in [0, 0.1) is 6.92 Å². The van der Waals surface area contributed by atoms with Gasteiger partial charge in [0.25, 0.3) is 5.91 Å². The van der Waals surface area contributed by atoms with E-state index in [1.54, 1.807) is 35.5 Å². The van der Waals surface area contributed by atoms with Gasteiger partial charge < -0.3 is 15.5 Å². The monoisotopic (exact) mass is 371 g/mol. The van der Waals surface area contributed by atoms with Crippen LogP contribution in [0.3, 0.4) is 0 Å². The Morgan fingerprint density at radius 1 is 1.15 bits per heavy atom. The fraction of sp³-hybridized carbons (Fsp3) is 0.167. The maximum atomic E-state index is 12.1. The minimum Gasteiger partial charge on any atom is -0.483 e. The van der Waals surface area contributed by atoms with Gasteiger partial charge in [0.05, 0.1) is 6.54 Å². The van der Waals surface area contributed by atoms with Crippen molar-refractivity contribution in [2.75, 3.05) is 17.3 Å². The first-order valence-electron chi connectivity index (χ1n) is 7.96. The predicted octanol–water partition coefficient (Wildman–Crippen LogP) is 3.00. The van der Waals surface area contributed by atoms with Gasteiger partial charge in [0.1, 0.15) is 18.4 Å². The number of ether oxygens (including phenoxy) is 1. The van der Waals surface area contributed by atoms with Crippen LogP contribution in [0.2, 0.25) is 5.02 Å². The number of carbonyl (C=O) groups excluding carboxylic acids is 1. The third-order valence-electron chi connectivity index (χ3n) is 3.59. The maximum Gasteiger partial charge on any atom is 0.262 e. The lowest BCUT2D eigenvalue weighted by Crippen LogP contribution is -2.21. The van der Waals surface area contributed by atoms with Crippen LogP contribution in [-0.2, 0) is 11.3 Å². The zero-order valence-corrected chi connectivity index (χ0v) is 14.9. The number of benzene rings is 2. The molecule has 0 spiro atoms. The van der Waals surface area contributed by atoms with E-state index in [0.29, 0.717) is 17.3 Å². The average Bonchev–Trinajstić information content (AvgIpc) is 3.14. The number of nitrogens with one attached hydrogen (secondary N) is 2. The van der Waals surface area contributed by atoms with E-state index >= 15 is 0 Å². The standard InChI is InChI=1S/C18H18ClN5O2/c1-13-2-5-16(6-3-13)23-18(25)10-26-17-7-4-15(19)8-14(17)9-22-24-11-20-21-12-24/h2-8,11-12,22H,9-10H2,1H3,(H,23,25). The van der Waals surface area contributed by atoms with Crippen LogP contribution in [0.5, 0.6) is 5.75 Å². The van der Waals surface area contributed by atoms with Crippen molar-refractivity contribution < 1.29 is 9.53 Å².